The van der Waals surface area contributed by atoms with Crippen molar-refractivity contribution in [3.05, 3.63) is 90.3 Å². The van der Waals surface area contributed by atoms with Gasteiger partial charge in [-0.1, -0.05) is 12.1 Å². The van der Waals surface area contributed by atoms with E-state index in [0.29, 0.717) is 46.5 Å². The van der Waals surface area contributed by atoms with Crippen molar-refractivity contribution in [3.63, 3.8) is 0 Å². The third-order valence-electron chi connectivity index (χ3n) is 6.88. The van der Waals surface area contributed by atoms with Gasteiger partial charge in [0.25, 0.3) is 11.8 Å². The van der Waals surface area contributed by atoms with Crippen molar-refractivity contribution in [2.24, 2.45) is 0 Å². The number of anilines is 2. The lowest BCUT2D eigenvalue weighted by Crippen LogP contribution is -2.39. The van der Waals surface area contributed by atoms with E-state index in [1.165, 1.54) is 0 Å². The molecule has 0 saturated carbocycles. The SMILES string of the molecule is Cc1nccc(C(=O)N2CCCCC2c2nc(-c3ccc(C(=O)Nc4ncccn4)cc3)c3c(N)nccn23)n1. The van der Waals surface area contributed by atoms with Gasteiger partial charge < -0.3 is 10.6 Å². The number of imidazole rings is 1. The fourth-order valence-corrected chi connectivity index (χ4v) is 5.01. The van der Waals surface area contributed by atoms with Crippen molar-refractivity contribution >= 4 is 29.1 Å². The first kappa shape index (κ1) is 25.0. The van der Waals surface area contributed by atoms with Crippen molar-refractivity contribution < 1.29 is 9.59 Å². The van der Waals surface area contributed by atoms with E-state index in [2.05, 4.69) is 30.2 Å². The van der Waals surface area contributed by atoms with E-state index in [4.69, 9.17) is 10.7 Å². The van der Waals surface area contributed by atoms with E-state index in [1.54, 1.807) is 56.0 Å². The maximum Gasteiger partial charge on any atom is 0.273 e. The van der Waals surface area contributed by atoms with Crippen molar-refractivity contribution in [3.8, 4) is 11.3 Å². The number of carbonyl (C=O) groups is 2. The summed E-state index contributed by atoms with van der Waals surface area (Å²) in [5, 5.41) is 2.68. The molecule has 1 fully saturated rings. The van der Waals surface area contributed by atoms with Crippen LogP contribution < -0.4 is 11.1 Å². The van der Waals surface area contributed by atoms with E-state index in [1.807, 2.05) is 27.6 Å². The summed E-state index contributed by atoms with van der Waals surface area (Å²) in [6, 6.07) is 10.1. The molecule has 12 heteroatoms. The summed E-state index contributed by atoms with van der Waals surface area (Å²) in [4.78, 5) is 53.9. The van der Waals surface area contributed by atoms with Gasteiger partial charge in [-0.2, -0.15) is 0 Å². The monoisotopic (exact) mass is 534 g/mol. The van der Waals surface area contributed by atoms with Crippen LogP contribution in [0.1, 0.15) is 57.8 Å². The van der Waals surface area contributed by atoms with E-state index in [0.717, 1.165) is 24.8 Å². The number of nitrogens with one attached hydrogen (secondary N) is 1. The molecule has 1 saturated heterocycles. The fourth-order valence-electron chi connectivity index (χ4n) is 5.01. The Hall–Kier alpha value is -5.26. The molecule has 6 rings (SSSR count). The first-order valence-electron chi connectivity index (χ1n) is 12.9. The van der Waals surface area contributed by atoms with Crippen LogP contribution in [0.4, 0.5) is 11.8 Å². The second kappa shape index (κ2) is 10.5. The Kier molecular flexibility index (Phi) is 6.56. The number of benzene rings is 1. The molecule has 5 aromatic rings. The van der Waals surface area contributed by atoms with Gasteiger partial charge in [-0.15, -0.1) is 0 Å². The number of nitrogen functional groups attached to an aromatic ring is 1. The Morgan fingerprint density at radius 2 is 1.75 bits per heavy atom. The number of hydrogen-bond acceptors (Lipinski definition) is 9. The summed E-state index contributed by atoms with van der Waals surface area (Å²) >= 11 is 0. The maximum absolute atomic E-state index is 13.6. The van der Waals surface area contributed by atoms with Crippen molar-refractivity contribution in [1.29, 1.82) is 0 Å². The van der Waals surface area contributed by atoms with E-state index >= 15 is 0 Å². The highest BCUT2D eigenvalue weighted by molar-refractivity contribution is 6.03. The van der Waals surface area contributed by atoms with Gasteiger partial charge in [0.15, 0.2) is 0 Å². The number of nitrogens with two attached hydrogens (primary N) is 1. The molecule has 1 aromatic carbocycles. The van der Waals surface area contributed by atoms with Crippen LogP contribution in [0.3, 0.4) is 0 Å². The van der Waals surface area contributed by atoms with E-state index in [9.17, 15) is 9.59 Å². The quantitative estimate of drug-likeness (QED) is 0.344. The van der Waals surface area contributed by atoms with Crippen LogP contribution in [0.25, 0.3) is 16.8 Å². The van der Waals surface area contributed by atoms with Gasteiger partial charge in [0, 0.05) is 48.7 Å². The minimum absolute atomic E-state index is 0.159. The van der Waals surface area contributed by atoms with Gasteiger partial charge >= 0.3 is 0 Å². The van der Waals surface area contributed by atoms with Gasteiger partial charge in [-0.3, -0.25) is 19.3 Å². The zero-order valence-corrected chi connectivity index (χ0v) is 21.7. The minimum atomic E-state index is -0.328. The molecule has 0 radical (unpaired) electrons. The maximum atomic E-state index is 13.6. The second-order valence-electron chi connectivity index (χ2n) is 9.45. The summed E-state index contributed by atoms with van der Waals surface area (Å²) in [6.07, 6.45) is 10.7. The predicted molar refractivity (Wildman–Crippen MR) is 147 cm³/mol. The molecule has 5 heterocycles. The molecule has 1 unspecified atom stereocenters. The van der Waals surface area contributed by atoms with Crippen molar-refractivity contribution in [2.75, 3.05) is 17.6 Å². The standard InChI is InChI=1S/C28H26N10O2/c1-17-30-13-10-20(34-17)27(40)37-15-3-2-5-21(37)25-35-22(23-24(29)31-14-16-38(23)25)18-6-8-19(9-7-18)26(39)36-28-32-11-4-12-33-28/h4,6-14,16,21H,2-3,5,15H2,1H3,(H2,29,31)(H,32,33,36,39). The van der Waals surface area contributed by atoms with Crippen LogP contribution >= 0.6 is 0 Å². The summed E-state index contributed by atoms with van der Waals surface area (Å²) < 4.78 is 1.91. The molecular formula is C28H26N10O2. The summed E-state index contributed by atoms with van der Waals surface area (Å²) in [5.41, 5.74) is 9.18. The van der Waals surface area contributed by atoms with E-state index in [-0.39, 0.29) is 23.8 Å². The number of carbonyl (C=O) groups excluding carboxylic acids is 2. The number of likely N-dealkylation sites (tertiary alicyclic amines) is 1. The molecule has 40 heavy (non-hydrogen) atoms. The van der Waals surface area contributed by atoms with Gasteiger partial charge in [0.1, 0.15) is 34.4 Å². The van der Waals surface area contributed by atoms with Crippen LogP contribution in [-0.2, 0) is 0 Å². The van der Waals surface area contributed by atoms with Gasteiger partial charge in [-0.25, -0.2) is 29.9 Å². The number of aryl methyl sites for hydroxylation is 1. The van der Waals surface area contributed by atoms with Crippen LogP contribution in [0.5, 0.6) is 0 Å². The van der Waals surface area contributed by atoms with Gasteiger partial charge in [0.2, 0.25) is 5.95 Å². The lowest BCUT2D eigenvalue weighted by Gasteiger charge is -2.34. The number of piperidine rings is 1. The lowest BCUT2D eigenvalue weighted by molar-refractivity contribution is 0.0592. The number of amides is 2. The van der Waals surface area contributed by atoms with Crippen molar-refractivity contribution in [1.82, 2.24) is 39.2 Å². The largest absolute Gasteiger partial charge is 0.382 e. The topological polar surface area (TPSA) is 157 Å². The number of aromatic nitrogens is 7. The zero-order valence-electron chi connectivity index (χ0n) is 21.7. The minimum Gasteiger partial charge on any atom is -0.382 e. The third-order valence-corrected chi connectivity index (χ3v) is 6.88. The smallest absolute Gasteiger partial charge is 0.273 e. The molecule has 1 aliphatic rings. The highest BCUT2D eigenvalue weighted by atomic mass is 16.2. The average Bonchev–Trinajstić information content (AvgIpc) is 3.38. The fraction of sp³-hybridized carbons (Fsp3) is 0.214. The zero-order chi connectivity index (χ0) is 27.6. The number of nitrogens with zero attached hydrogens (tertiary/aromatic N) is 8. The van der Waals surface area contributed by atoms with Gasteiger partial charge in [0.05, 0.1) is 6.04 Å². The molecule has 0 aliphatic carbocycles. The molecular weight excluding hydrogens is 508 g/mol. The highest BCUT2D eigenvalue weighted by Crippen LogP contribution is 2.36. The Morgan fingerprint density at radius 1 is 0.950 bits per heavy atom. The van der Waals surface area contributed by atoms with Crippen LogP contribution in [-0.4, -0.2) is 57.6 Å². The van der Waals surface area contributed by atoms with Crippen LogP contribution in [0, 0.1) is 6.92 Å². The molecule has 0 bridgehead atoms. The Bertz CT molecular complexity index is 1700. The number of fused-ring (bicyclic) bond motifs is 1. The Morgan fingerprint density at radius 3 is 2.52 bits per heavy atom. The summed E-state index contributed by atoms with van der Waals surface area (Å²) in [5.74, 6) is 1.29. The number of hydrogen-bond donors (Lipinski definition) is 2. The molecule has 1 atom stereocenters. The normalized spacial score (nSPS) is 15.2. The van der Waals surface area contributed by atoms with Crippen LogP contribution in [0.15, 0.2) is 67.4 Å². The molecule has 1 aliphatic heterocycles. The molecule has 0 spiro atoms. The third kappa shape index (κ3) is 4.70. The first-order chi connectivity index (χ1) is 19.5. The first-order valence-corrected chi connectivity index (χ1v) is 12.9. The highest BCUT2D eigenvalue weighted by Gasteiger charge is 2.33. The molecule has 3 N–H and O–H groups in total. The molecule has 4 aromatic heterocycles. The van der Waals surface area contributed by atoms with Gasteiger partial charge in [-0.05, 0) is 50.5 Å². The van der Waals surface area contributed by atoms with Crippen LogP contribution in [0.2, 0.25) is 0 Å². The molecule has 2 amide bonds. The second-order valence-corrected chi connectivity index (χ2v) is 9.45. The Labute approximate surface area is 229 Å². The number of rotatable bonds is 5. The van der Waals surface area contributed by atoms with Crippen molar-refractivity contribution in [2.45, 2.75) is 32.2 Å². The Balaban J connectivity index is 1.36. The average molecular weight is 535 g/mol. The summed E-state index contributed by atoms with van der Waals surface area (Å²) in [6.45, 7) is 2.35. The molecule has 200 valence electrons. The van der Waals surface area contributed by atoms with E-state index < -0.39 is 0 Å². The predicted octanol–water partition coefficient (Wildman–Crippen LogP) is 3.49. The summed E-state index contributed by atoms with van der Waals surface area (Å²) in [7, 11) is 0. The molecule has 12 nitrogen and oxygen atoms in total. The lowest BCUT2D eigenvalue weighted by atomic mass is 10.0.